The topological polar surface area (TPSA) is 0 Å². The Bertz CT molecular complexity index is 4500. The van der Waals surface area contributed by atoms with Crippen molar-refractivity contribution < 1.29 is 0 Å². The molecule has 16 rings (SSSR count). The van der Waals surface area contributed by atoms with E-state index in [1.807, 2.05) is 0 Å². The van der Waals surface area contributed by atoms with E-state index < -0.39 is 0 Å². The summed E-state index contributed by atoms with van der Waals surface area (Å²) in [5.74, 6) is 1.60. The van der Waals surface area contributed by atoms with Crippen molar-refractivity contribution in [3.63, 3.8) is 0 Å². The molecule has 10 aromatic carbocycles. The van der Waals surface area contributed by atoms with Crippen LogP contribution in [0, 0.1) is 12.8 Å². The molecular weight excluding hydrogens is 981 g/mol. The zero-order valence-electron chi connectivity index (χ0n) is 46.1. The Morgan fingerprint density at radius 1 is 0.438 bits per heavy atom. The van der Waals surface area contributed by atoms with E-state index in [1.165, 1.54) is 144 Å². The Hall–Kier alpha value is -8.23. The van der Waals surface area contributed by atoms with Crippen LogP contribution in [0.1, 0.15) is 113 Å². The highest BCUT2D eigenvalue weighted by Crippen LogP contribution is 2.58. The zero-order chi connectivity index (χ0) is 53.8. The second-order valence-corrected chi connectivity index (χ2v) is 25.5. The van der Waals surface area contributed by atoms with Crippen molar-refractivity contribution in [2.45, 2.75) is 80.4 Å². The van der Waals surface area contributed by atoms with Gasteiger partial charge >= 0.3 is 0 Å². The van der Waals surface area contributed by atoms with Crippen LogP contribution >= 0.6 is 12.6 Å². The highest BCUT2D eigenvalue weighted by molar-refractivity contribution is 7.80. The number of allylic oxidation sites excluding steroid dienone is 9. The molecule has 0 saturated carbocycles. The maximum Gasteiger partial charge on any atom is 0.0205 e. The average molecular weight is 1040 g/mol. The first-order chi connectivity index (χ1) is 39.0. The van der Waals surface area contributed by atoms with Gasteiger partial charge in [0.15, 0.2) is 0 Å². The maximum atomic E-state index is 5.07. The zero-order valence-corrected chi connectivity index (χ0v) is 47.0. The third-order valence-corrected chi connectivity index (χ3v) is 20.1. The minimum atomic E-state index is -0.183. The predicted octanol–water partition coefficient (Wildman–Crippen LogP) is 20.9. The maximum absolute atomic E-state index is 5.07. The second kappa shape index (κ2) is 17.6. The summed E-state index contributed by atoms with van der Waals surface area (Å²) in [5, 5.41) is 5.35. The van der Waals surface area contributed by atoms with Gasteiger partial charge in [0.25, 0.3) is 0 Å². The molecule has 80 heavy (non-hydrogen) atoms. The molecule has 10 aromatic rings. The van der Waals surface area contributed by atoms with Gasteiger partial charge in [0.1, 0.15) is 0 Å². The monoisotopic (exact) mass is 1040 g/mol. The average Bonchev–Trinajstić information content (AvgIpc) is 4.03. The first kappa shape index (κ1) is 47.7. The third-order valence-electron chi connectivity index (χ3n) is 19.8. The number of hydrogen-bond acceptors (Lipinski definition) is 1. The van der Waals surface area contributed by atoms with Gasteiger partial charge in [0.05, 0.1) is 0 Å². The number of benzene rings is 10. The summed E-state index contributed by atoms with van der Waals surface area (Å²) in [4.78, 5) is 0.994. The molecule has 0 spiro atoms. The number of hydrogen-bond donors (Lipinski definition) is 1. The van der Waals surface area contributed by atoms with E-state index in [0.717, 1.165) is 11.3 Å². The van der Waals surface area contributed by atoms with Gasteiger partial charge in [-0.05, 0) is 205 Å². The molecule has 0 bridgehead atoms. The molecule has 0 N–H and O–H groups in total. The Morgan fingerprint density at radius 2 is 1.05 bits per heavy atom. The van der Waals surface area contributed by atoms with Crippen molar-refractivity contribution in [2.75, 3.05) is 0 Å². The Labute approximate surface area is 476 Å². The highest BCUT2D eigenvalue weighted by Gasteiger charge is 2.45. The van der Waals surface area contributed by atoms with Gasteiger partial charge in [-0.25, -0.2) is 0 Å². The molecule has 0 fully saturated rings. The molecule has 0 heterocycles. The normalized spacial score (nSPS) is 20.8. The van der Waals surface area contributed by atoms with Gasteiger partial charge in [0.2, 0.25) is 0 Å². The second-order valence-electron chi connectivity index (χ2n) is 24.9. The summed E-state index contributed by atoms with van der Waals surface area (Å²) < 4.78 is 0. The molecule has 0 saturated heterocycles. The van der Waals surface area contributed by atoms with Gasteiger partial charge in [-0.3, -0.25) is 0 Å². The van der Waals surface area contributed by atoms with Crippen LogP contribution in [-0.2, 0) is 17.3 Å². The van der Waals surface area contributed by atoms with Crippen LogP contribution in [0.15, 0.2) is 235 Å². The lowest BCUT2D eigenvalue weighted by Crippen LogP contribution is -2.24. The largest absolute Gasteiger partial charge is 0.143 e. The lowest BCUT2D eigenvalue weighted by Gasteiger charge is -2.38. The summed E-state index contributed by atoms with van der Waals surface area (Å²) in [6.07, 6.45) is 22.2. The Kier molecular flexibility index (Phi) is 10.5. The number of thiol groups is 1. The molecule has 0 amide bonds. The standard InChI is InChI=1S/C79H62S/c1-46-35-52(49-27-32-66-65-20-12-13-24-73(65)78(2,3)74(66)43-49)37-53(36-46)50-28-33-67-68-34-29-51(45-76(68)79(4,5)75(67)44-50)57-22-14-23-70-64-31-26-48(42-72(64)62-19-10-11-21-69(62)77(57)70)55-38-54(39-56(80)40-55)47-25-30-63-60-17-7-6-15-58(60)59-16-8-9-18-61(59)71(63)41-47/h6-40,42-45,47,65,70,73,77,80H,41H2,1-5H3. The number of aryl methyl sites for hydroxylation is 1. The smallest absolute Gasteiger partial charge is 0.0205 e. The van der Waals surface area contributed by atoms with E-state index in [-0.39, 0.29) is 28.6 Å². The first-order valence-electron chi connectivity index (χ1n) is 28.9. The number of rotatable bonds is 5. The molecule has 0 aliphatic heterocycles. The molecule has 6 aliphatic carbocycles. The van der Waals surface area contributed by atoms with E-state index in [4.69, 9.17) is 12.6 Å². The van der Waals surface area contributed by atoms with Crippen molar-refractivity contribution in [3.8, 4) is 55.6 Å². The lowest BCUT2D eigenvalue weighted by molar-refractivity contribution is 0.394. The first-order valence-corrected chi connectivity index (χ1v) is 29.4. The van der Waals surface area contributed by atoms with Crippen LogP contribution < -0.4 is 0 Å². The van der Waals surface area contributed by atoms with E-state index >= 15 is 0 Å². The lowest BCUT2D eigenvalue weighted by atomic mass is 9.65. The van der Waals surface area contributed by atoms with Crippen LogP contribution in [0.3, 0.4) is 0 Å². The van der Waals surface area contributed by atoms with Gasteiger partial charge in [-0.2, -0.15) is 0 Å². The number of fused-ring (bicyclic) bond motifs is 18. The van der Waals surface area contributed by atoms with Gasteiger partial charge < -0.3 is 0 Å². The molecule has 0 aromatic heterocycles. The molecular formula is C79H62S. The fourth-order valence-electron chi connectivity index (χ4n) is 15.8. The minimum Gasteiger partial charge on any atom is -0.143 e. The van der Waals surface area contributed by atoms with Crippen molar-refractivity contribution >= 4 is 45.8 Å². The van der Waals surface area contributed by atoms with E-state index in [0.29, 0.717) is 11.8 Å². The molecule has 1 heteroatoms. The van der Waals surface area contributed by atoms with Crippen LogP contribution in [0.4, 0.5) is 0 Å². The summed E-state index contributed by atoms with van der Waals surface area (Å²) >= 11 is 5.07. The quantitative estimate of drug-likeness (QED) is 0.129. The predicted molar refractivity (Wildman–Crippen MR) is 341 cm³/mol. The Morgan fingerprint density at radius 3 is 1.84 bits per heavy atom. The molecule has 5 atom stereocenters. The van der Waals surface area contributed by atoms with Crippen LogP contribution in [0.5, 0.6) is 0 Å². The summed E-state index contributed by atoms with van der Waals surface area (Å²) in [7, 11) is 0. The molecule has 0 radical (unpaired) electrons. The molecule has 0 nitrogen and oxygen atoms in total. The summed E-state index contributed by atoms with van der Waals surface area (Å²) in [6.45, 7) is 12.0. The Balaban J connectivity index is 0.701. The van der Waals surface area contributed by atoms with Gasteiger partial charge in [0, 0.05) is 34.0 Å². The third kappa shape index (κ3) is 7.15. The summed E-state index contributed by atoms with van der Waals surface area (Å²) in [6, 6.07) is 70.3. The van der Waals surface area contributed by atoms with Gasteiger partial charge in [-0.15, -0.1) is 12.6 Å². The fourth-order valence-corrected chi connectivity index (χ4v) is 16.1. The van der Waals surface area contributed by atoms with Crippen LogP contribution in [0.25, 0.3) is 88.8 Å². The minimum absolute atomic E-state index is 0.0789. The van der Waals surface area contributed by atoms with E-state index in [9.17, 15) is 0 Å². The molecule has 6 aliphatic rings. The summed E-state index contributed by atoms with van der Waals surface area (Å²) in [5.41, 5.74) is 29.4. The van der Waals surface area contributed by atoms with Crippen molar-refractivity contribution in [3.05, 3.63) is 292 Å². The van der Waals surface area contributed by atoms with Crippen molar-refractivity contribution in [1.29, 1.82) is 0 Å². The van der Waals surface area contributed by atoms with E-state index in [1.54, 1.807) is 0 Å². The van der Waals surface area contributed by atoms with Crippen LogP contribution in [0.2, 0.25) is 0 Å². The van der Waals surface area contributed by atoms with Gasteiger partial charge in [-0.1, -0.05) is 228 Å². The molecule has 384 valence electrons. The SMILES string of the molecule is Cc1cc(-c2ccc3c(c2)C(C)(C)c2cc(C4=CC=CC5c6ccc(-c7cc(S)cc(C8C=Cc9c(c%10ccccc%10c%10ccccc9%10)C8)c7)cc6-c6ccccc6C45)ccc2-3)cc(-c2ccc3c(c2)C(C)(C)C2C=CC=CC32)c1. The fraction of sp³-hybridized carbons (Fsp3) is 0.165. The highest BCUT2D eigenvalue weighted by atomic mass is 32.1. The molecule has 5 unspecified atom stereocenters. The van der Waals surface area contributed by atoms with E-state index in [2.05, 4.69) is 271 Å². The van der Waals surface area contributed by atoms with Crippen molar-refractivity contribution in [2.24, 2.45) is 5.92 Å². The van der Waals surface area contributed by atoms with Crippen molar-refractivity contribution in [1.82, 2.24) is 0 Å². The van der Waals surface area contributed by atoms with Crippen LogP contribution in [-0.4, -0.2) is 0 Å².